The summed E-state index contributed by atoms with van der Waals surface area (Å²) in [7, 11) is 0. The maximum absolute atomic E-state index is 6.01. The van der Waals surface area contributed by atoms with Crippen molar-refractivity contribution in [2.75, 3.05) is 0 Å². The maximum Gasteiger partial charge on any atom is 0.120 e. The molecule has 1 N–H and O–H groups in total. The first-order valence-corrected chi connectivity index (χ1v) is 11.2. The molecule has 2 aromatic carbocycles. The molecule has 4 saturated carbocycles. The first-order chi connectivity index (χ1) is 13.7. The lowest BCUT2D eigenvalue weighted by Gasteiger charge is -2.59. The zero-order valence-corrected chi connectivity index (χ0v) is 17.1. The van der Waals surface area contributed by atoms with Crippen molar-refractivity contribution in [3.8, 4) is 5.75 Å². The Morgan fingerprint density at radius 2 is 1.54 bits per heavy atom. The highest BCUT2D eigenvalue weighted by Gasteiger charge is 2.52. The van der Waals surface area contributed by atoms with Crippen molar-refractivity contribution < 1.29 is 4.74 Å². The average Bonchev–Trinajstić information content (AvgIpc) is 2.70. The molecule has 6 rings (SSSR count). The molecule has 2 heteroatoms. The van der Waals surface area contributed by atoms with Crippen molar-refractivity contribution in [1.82, 2.24) is 5.32 Å². The van der Waals surface area contributed by atoms with Crippen molar-refractivity contribution >= 4 is 0 Å². The van der Waals surface area contributed by atoms with Crippen molar-refractivity contribution in [3.63, 3.8) is 0 Å². The van der Waals surface area contributed by atoms with E-state index in [-0.39, 0.29) is 0 Å². The van der Waals surface area contributed by atoms with Crippen LogP contribution in [0.2, 0.25) is 0 Å². The van der Waals surface area contributed by atoms with Crippen LogP contribution in [0.1, 0.15) is 56.6 Å². The van der Waals surface area contributed by atoms with Crippen LogP contribution in [-0.4, -0.2) is 6.04 Å². The second-order valence-corrected chi connectivity index (χ2v) is 9.80. The van der Waals surface area contributed by atoms with Gasteiger partial charge in [0.25, 0.3) is 0 Å². The van der Waals surface area contributed by atoms with Gasteiger partial charge in [-0.3, -0.25) is 0 Å². The highest BCUT2D eigenvalue weighted by atomic mass is 16.5. The fraction of sp³-hybridized carbons (Fsp3) is 0.538. The van der Waals surface area contributed by atoms with E-state index in [1.807, 2.05) is 6.07 Å². The summed E-state index contributed by atoms with van der Waals surface area (Å²) in [5.74, 6) is 4.02. The van der Waals surface area contributed by atoms with Crippen LogP contribution in [0, 0.1) is 23.2 Å². The summed E-state index contributed by atoms with van der Waals surface area (Å²) in [5.41, 5.74) is 3.10. The van der Waals surface area contributed by atoms with Gasteiger partial charge in [-0.05, 0) is 91.9 Å². The number of ether oxygens (including phenoxy) is 1. The molecule has 4 aliphatic carbocycles. The molecular formula is C26H33NO. The third-order valence-electron chi connectivity index (χ3n) is 7.76. The van der Waals surface area contributed by atoms with Crippen molar-refractivity contribution in [2.45, 2.75) is 64.6 Å². The summed E-state index contributed by atoms with van der Waals surface area (Å²) < 4.78 is 6.01. The van der Waals surface area contributed by atoms with E-state index >= 15 is 0 Å². The molecule has 28 heavy (non-hydrogen) atoms. The molecular weight excluding hydrogens is 342 g/mol. The predicted octanol–water partition coefficient (Wildman–Crippen LogP) is 5.96. The van der Waals surface area contributed by atoms with Crippen LogP contribution >= 0.6 is 0 Å². The minimum Gasteiger partial charge on any atom is -0.489 e. The van der Waals surface area contributed by atoms with E-state index in [1.165, 1.54) is 49.7 Å². The van der Waals surface area contributed by atoms with Crippen LogP contribution in [0.25, 0.3) is 0 Å². The number of hydrogen-bond donors (Lipinski definition) is 1. The van der Waals surface area contributed by atoms with E-state index in [4.69, 9.17) is 4.74 Å². The van der Waals surface area contributed by atoms with Gasteiger partial charge in [-0.15, -0.1) is 0 Å². The molecule has 0 amide bonds. The third-order valence-corrected chi connectivity index (χ3v) is 7.76. The summed E-state index contributed by atoms with van der Waals surface area (Å²) in [6.45, 7) is 4.01. The monoisotopic (exact) mass is 375 g/mol. The Balaban J connectivity index is 1.19. The van der Waals surface area contributed by atoms with Crippen LogP contribution in [0.5, 0.6) is 5.75 Å². The van der Waals surface area contributed by atoms with Crippen molar-refractivity contribution in [3.05, 3.63) is 65.7 Å². The summed E-state index contributed by atoms with van der Waals surface area (Å²) in [6.07, 6.45) is 8.96. The Hall–Kier alpha value is -1.80. The fourth-order valence-electron chi connectivity index (χ4n) is 6.68. The van der Waals surface area contributed by atoms with E-state index in [1.54, 1.807) is 0 Å². The maximum atomic E-state index is 6.01. The minimum atomic E-state index is 0.566. The van der Waals surface area contributed by atoms with Gasteiger partial charge >= 0.3 is 0 Å². The smallest absolute Gasteiger partial charge is 0.120 e. The molecule has 0 heterocycles. The first-order valence-electron chi connectivity index (χ1n) is 11.2. The van der Waals surface area contributed by atoms with Crippen LogP contribution in [-0.2, 0) is 13.2 Å². The van der Waals surface area contributed by atoms with E-state index in [9.17, 15) is 0 Å². The summed E-state index contributed by atoms with van der Waals surface area (Å²) in [4.78, 5) is 0. The molecule has 1 atom stereocenters. The lowest BCUT2D eigenvalue weighted by Crippen LogP contribution is -2.54. The van der Waals surface area contributed by atoms with Crippen LogP contribution < -0.4 is 10.1 Å². The largest absolute Gasteiger partial charge is 0.489 e. The molecule has 2 aromatic rings. The molecule has 0 aliphatic heterocycles. The van der Waals surface area contributed by atoms with Crippen molar-refractivity contribution in [2.24, 2.45) is 23.2 Å². The van der Waals surface area contributed by atoms with Crippen molar-refractivity contribution in [1.29, 1.82) is 0 Å². The normalized spacial score (nSPS) is 31.7. The zero-order valence-electron chi connectivity index (χ0n) is 17.1. The Morgan fingerprint density at radius 3 is 2.21 bits per heavy atom. The van der Waals surface area contributed by atoms with Gasteiger partial charge < -0.3 is 10.1 Å². The summed E-state index contributed by atoms with van der Waals surface area (Å²) in [6, 6.07) is 19.6. The van der Waals surface area contributed by atoms with E-state index in [2.05, 4.69) is 60.8 Å². The van der Waals surface area contributed by atoms with E-state index < -0.39 is 0 Å². The SMILES string of the molecule is CC(NCc1cccc(OCc2ccccc2)c1)C12CC3CC(CC(C3)C1)C2. The standard InChI is InChI=1S/C26H33NO/c1-19(26-14-22-10-23(15-26)12-24(11-22)16-26)27-17-21-8-5-9-25(13-21)28-18-20-6-3-2-4-7-20/h2-9,13,19,22-24,27H,10-12,14-18H2,1H3. The van der Waals surface area contributed by atoms with Crippen LogP contribution in [0.3, 0.4) is 0 Å². The first kappa shape index (κ1) is 18.2. The lowest BCUT2D eigenvalue weighted by molar-refractivity contribution is -0.0706. The molecule has 2 nitrogen and oxygen atoms in total. The summed E-state index contributed by atoms with van der Waals surface area (Å²) in [5, 5.41) is 3.90. The molecule has 148 valence electrons. The molecule has 0 aromatic heterocycles. The molecule has 0 radical (unpaired) electrons. The van der Waals surface area contributed by atoms with Gasteiger partial charge in [-0.25, -0.2) is 0 Å². The molecule has 1 unspecified atom stereocenters. The third kappa shape index (κ3) is 3.72. The van der Waals surface area contributed by atoms with Gasteiger partial charge in [0, 0.05) is 12.6 Å². The number of hydrogen-bond acceptors (Lipinski definition) is 2. The molecule has 4 fully saturated rings. The van der Waals surface area contributed by atoms with Gasteiger partial charge in [0.2, 0.25) is 0 Å². The molecule has 0 saturated heterocycles. The molecule has 4 aliphatic rings. The lowest BCUT2D eigenvalue weighted by atomic mass is 9.48. The Kier molecular flexibility index (Phi) is 4.92. The van der Waals surface area contributed by atoms with Crippen LogP contribution in [0.15, 0.2) is 54.6 Å². The van der Waals surface area contributed by atoms with Crippen LogP contribution in [0.4, 0.5) is 0 Å². The summed E-state index contributed by atoms with van der Waals surface area (Å²) >= 11 is 0. The van der Waals surface area contributed by atoms with Gasteiger partial charge in [0.15, 0.2) is 0 Å². The van der Waals surface area contributed by atoms with E-state index in [0.29, 0.717) is 18.1 Å². The number of nitrogens with one attached hydrogen (secondary N) is 1. The van der Waals surface area contributed by atoms with Gasteiger partial charge in [-0.2, -0.15) is 0 Å². The second-order valence-electron chi connectivity index (χ2n) is 9.80. The van der Waals surface area contributed by atoms with Gasteiger partial charge in [0.1, 0.15) is 12.4 Å². The second kappa shape index (κ2) is 7.55. The highest BCUT2D eigenvalue weighted by Crippen LogP contribution is 2.61. The van der Waals surface area contributed by atoms with E-state index in [0.717, 1.165) is 30.0 Å². The quantitative estimate of drug-likeness (QED) is 0.645. The Bertz CT molecular complexity index is 764. The number of benzene rings is 2. The molecule has 0 spiro atoms. The van der Waals surface area contributed by atoms with Gasteiger partial charge in [-0.1, -0.05) is 42.5 Å². The Morgan fingerprint density at radius 1 is 0.893 bits per heavy atom. The predicted molar refractivity (Wildman–Crippen MR) is 114 cm³/mol. The topological polar surface area (TPSA) is 21.3 Å². The fourth-order valence-corrected chi connectivity index (χ4v) is 6.68. The highest BCUT2D eigenvalue weighted by molar-refractivity contribution is 5.29. The zero-order chi connectivity index (χ0) is 19.0. The van der Waals surface area contributed by atoms with Gasteiger partial charge in [0.05, 0.1) is 0 Å². The number of rotatable bonds is 7. The minimum absolute atomic E-state index is 0.566. The average molecular weight is 376 g/mol. The Labute approximate surface area is 169 Å². The molecule has 4 bridgehead atoms.